The largest absolute Gasteiger partial charge is 0.507 e. The van der Waals surface area contributed by atoms with Crippen LogP contribution in [0.3, 0.4) is 0 Å². The lowest BCUT2D eigenvalue weighted by Gasteiger charge is -2.32. The van der Waals surface area contributed by atoms with Crippen molar-refractivity contribution in [2.24, 2.45) is 0 Å². The maximum absolute atomic E-state index is 12.3. The number of ketones is 1. The number of ether oxygens (including phenoxy) is 2. The topological polar surface area (TPSA) is 55.8 Å². The number of phenols is 1. The average molecular weight is 354 g/mol. The van der Waals surface area contributed by atoms with Gasteiger partial charge in [-0.15, -0.1) is 0 Å². The zero-order chi connectivity index (χ0) is 18.7. The summed E-state index contributed by atoms with van der Waals surface area (Å²) in [5.74, 6) is 0.476. The highest BCUT2D eigenvalue weighted by molar-refractivity contribution is 6.02. The van der Waals surface area contributed by atoms with Gasteiger partial charge in [0.05, 0.1) is 19.6 Å². The molecule has 2 aromatic carbocycles. The zero-order valence-electron chi connectivity index (χ0n) is 15.6. The van der Waals surface area contributed by atoms with Crippen LogP contribution in [0.1, 0.15) is 54.6 Å². The molecule has 3 rings (SSSR count). The Kier molecular flexibility index (Phi) is 5.33. The lowest BCUT2D eigenvalue weighted by molar-refractivity contribution is 0.0613. The van der Waals surface area contributed by atoms with E-state index in [-0.39, 0.29) is 23.9 Å². The van der Waals surface area contributed by atoms with Gasteiger partial charge in [-0.2, -0.15) is 0 Å². The molecular weight excluding hydrogens is 328 g/mol. The standard InChI is InChI=1S/C22H26O4/c1-15(14-25-10-9-16-7-5-4-6-8-16)17-11-18(23)21-19(24)13-22(2,3)26-20(21)12-17/h4-8,11-12,15,23H,9-10,13-14H2,1-3H3. The van der Waals surface area contributed by atoms with Gasteiger partial charge < -0.3 is 14.6 Å². The minimum atomic E-state index is -0.551. The number of hydrogen-bond acceptors (Lipinski definition) is 4. The van der Waals surface area contributed by atoms with E-state index in [0.717, 1.165) is 12.0 Å². The molecule has 0 bridgehead atoms. The smallest absolute Gasteiger partial charge is 0.174 e. The second kappa shape index (κ2) is 7.50. The molecular formula is C22H26O4. The third-order valence-corrected chi connectivity index (χ3v) is 4.67. The summed E-state index contributed by atoms with van der Waals surface area (Å²) in [7, 11) is 0. The minimum Gasteiger partial charge on any atom is -0.507 e. The number of hydrogen-bond donors (Lipinski definition) is 1. The average Bonchev–Trinajstić information content (AvgIpc) is 2.57. The molecule has 0 saturated heterocycles. The van der Waals surface area contributed by atoms with Gasteiger partial charge in [0.2, 0.25) is 0 Å². The third-order valence-electron chi connectivity index (χ3n) is 4.67. The number of fused-ring (bicyclic) bond motifs is 1. The van der Waals surface area contributed by atoms with Crippen LogP contribution >= 0.6 is 0 Å². The van der Waals surface area contributed by atoms with Gasteiger partial charge in [-0.1, -0.05) is 37.3 Å². The van der Waals surface area contributed by atoms with Crippen molar-refractivity contribution in [3.8, 4) is 11.5 Å². The Hall–Kier alpha value is -2.33. The van der Waals surface area contributed by atoms with Crippen molar-refractivity contribution in [1.29, 1.82) is 0 Å². The fourth-order valence-electron chi connectivity index (χ4n) is 3.27. The van der Waals surface area contributed by atoms with Crippen molar-refractivity contribution in [3.05, 3.63) is 59.2 Å². The maximum Gasteiger partial charge on any atom is 0.174 e. The Labute approximate surface area is 154 Å². The molecule has 4 nitrogen and oxygen atoms in total. The molecule has 0 aliphatic carbocycles. The Morgan fingerprint density at radius 1 is 1.23 bits per heavy atom. The summed E-state index contributed by atoms with van der Waals surface area (Å²) in [5, 5.41) is 10.3. The van der Waals surface area contributed by atoms with Gasteiger partial charge in [0.15, 0.2) is 5.78 Å². The molecule has 138 valence electrons. The van der Waals surface area contributed by atoms with Crippen LogP contribution in [0.15, 0.2) is 42.5 Å². The van der Waals surface area contributed by atoms with Crippen LogP contribution in [-0.2, 0) is 11.2 Å². The first-order valence-corrected chi connectivity index (χ1v) is 9.06. The van der Waals surface area contributed by atoms with Crippen molar-refractivity contribution < 1.29 is 19.4 Å². The van der Waals surface area contributed by atoms with Crippen molar-refractivity contribution in [2.75, 3.05) is 13.2 Å². The predicted octanol–water partition coefficient (Wildman–Crippen LogP) is 4.50. The first kappa shape index (κ1) is 18.5. The van der Waals surface area contributed by atoms with Crippen LogP contribution in [0.5, 0.6) is 11.5 Å². The molecule has 2 aromatic rings. The van der Waals surface area contributed by atoms with Crippen molar-refractivity contribution in [3.63, 3.8) is 0 Å². The highest BCUT2D eigenvalue weighted by Gasteiger charge is 2.35. The van der Waals surface area contributed by atoms with Gasteiger partial charge in [-0.05, 0) is 43.5 Å². The van der Waals surface area contributed by atoms with E-state index in [4.69, 9.17) is 9.47 Å². The third kappa shape index (κ3) is 4.25. The fraction of sp³-hybridized carbons (Fsp3) is 0.409. The predicted molar refractivity (Wildman–Crippen MR) is 101 cm³/mol. The number of carbonyl (C=O) groups excluding carboxylic acids is 1. The summed E-state index contributed by atoms with van der Waals surface area (Å²) in [5.41, 5.74) is 1.90. The number of carbonyl (C=O) groups is 1. The Morgan fingerprint density at radius 2 is 1.96 bits per heavy atom. The Bertz CT molecular complexity index is 780. The molecule has 1 N–H and O–H groups in total. The molecule has 1 atom stereocenters. The molecule has 0 spiro atoms. The van der Waals surface area contributed by atoms with Gasteiger partial charge in [-0.3, -0.25) is 4.79 Å². The molecule has 0 aromatic heterocycles. The van der Waals surface area contributed by atoms with Crippen LogP contribution < -0.4 is 4.74 Å². The van der Waals surface area contributed by atoms with Gasteiger partial charge >= 0.3 is 0 Å². The van der Waals surface area contributed by atoms with Crippen LogP contribution in [0, 0.1) is 0 Å². The number of Topliss-reactive ketones (excluding diaryl/α,β-unsaturated/α-hetero) is 1. The summed E-state index contributed by atoms with van der Waals surface area (Å²) >= 11 is 0. The quantitative estimate of drug-likeness (QED) is 0.776. The molecule has 0 fully saturated rings. The number of rotatable bonds is 6. The molecule has 4 heteroatoms. The second-order valence-corrected chi connectivity index (χ2v) is 7.59. The van der Waals surface area contributed by atoms with Crippen LogP contribution in [-0.4, -0.2) is 29.7 Å². The molecule has 1 unspecified atom stereocenters. The number of aromatic hydroxyl groups is 1. The van der Waals surface area contributed by atoms with E-state index >= 15 is 0 Å². The van der Waals surface area contributed by atoms with Gasteiger partial charge in [0, 0.05) is 5.92 Å². The first-order chi connectivity index (χ1) is 12.4. The fourth-order valence-corrected chi connectivity index (χ4v) is 3.27. The van der Waals surface area contributed by atoms with E-state index in [9.17, 15) is 9.90 Å². The second-order valence-electron chi connectivity index (χ2n) is 7.59. The van der Waals surface area contributed by atoms with Crippen LogP contribution in [0.2, 0.25) is 0 Å². The highest BCUT2D eigenvalue weighted by Crippen LogP contribution is 2.40. The highest BCUT2D eigenvalue weighted by atomic mass is 16.5. The first-order valence-electron chi connectivity index (χ1n) is 9.06. The van der Waals surface area contributed by atoms with E-state index in [2.05, 4.69) is 12.1 Å². The normalized spacial score (nSPS) is 16.7. The van der Waals surface area contributed by atoms with E-state index in [0.29, 0.717) is 24.5 Å². The summed E-state index contributed by atoms with van der Waals surface area (Å²) in [6.07, 6.45) is 1.14. The van der Waals surface area contributed by atoms with E-state index in [1.54, 1.807) is 6.07 Å². The Balaban J connectivity index is 1.64. The molecule has 0 saturated carbocycles. The van der Waals surface area contributed by atoms with Crippen LogP contribution in [0.25, 0.3) is 0 Å². The summed E-state index contributed by atoms with van der Waals surface area (Å²) in [4.78, 5) is 12.3. The van der Waals surface area contributed by atoms with Gasteiger partial charge in [0.1, 0.15) is 22.7 Å². The number of phenolic OH excluding ortho intramolecular Hbond substituents is 1. The van der Waals surface area contributed by atoms with Crippen molar-refractivity contribution in [2.45, 2.75) is 45.1 Å². The molecule has 26 heavy (non-hydrogen) atoms. The molecule has 1 heterocycles. The molecule has 0 radical (unpaired) electrons. The van der Waals surface area contributed by atoms with Gasteiger partial charge in [-0.25, -0.2) is 0 Å². The van der Waals surface area contributed by atoms with Crippen LogP contribution in [0.4, 0.5) is 0 Å². The van der Waals surface area contributed by atoms with Gasteiger partial charge in [0.25, 0.3) is 0 Å². The molecule has 0 amide bonds. The van der Waals surface area contributed by atoms with Crippen molar-refractivity contribution >= 4 is 5.78 Å². The maximum atomic E-state index is 12.3. The summed E-state index contributed by atoms with van der Waals surface area (Å²) < 4.78 is 11.7. The SMILES string of the molecule is CC(COCCc1ccccc1)c1cc(O)c2c(c1)OC(C)(C)CC2=O. The number of benzene rings is 2. The minimum absolute atomic E-state index is 0.00543. The molecule has 1 aliphatic rings. The summed E-state index contributed by atoms with van der Waals surface area (Å²) in [6.45, 7) is 7.00. The van der Waals surface area contributed by atoms with Crippen molar-refractivity contribution in [1.82, 2.24) is 0 Å². The lowest BCUT2D eigenvalue weighted by Crippen LogP contribution is -2.36. The van der Waals surface area contributed by atoms with E-state index < -0.39 is 5.60 Å². The zero-order valence-corrected chi connectivity index (χ0v) is 15.6. The van der Waals surface area contributed by atoms with E-state index in [1.165, 1.54) is 5.56 Å². The summed E-state index contributed by atoms with van der Waals surface area (Å²) in [6, 6.07) is 13.7. The van der Waals surface area contributed by atoms with E-state index in [1.807, 2.05) is 45.0 Å². The Morgan fingerprint density at radius 3 is 2.69 bits per heavy atom. The molecule has 1 aliphatic heterocycles. The monoisotopic (exact) mass is 354 g/mol. The lowest BCUT2D eigenvalue weighted by atomic mass is 9.90.